The van der Waals surface area contributed by atoms with Gasteiger partial charge in [-0.3, -0.25) is 4.79 Å². The molecule has 2 aromatic rings. The van der Waals surface area contributed by atoms with Crippen LogP contribution in [0.25, 0.3) is 0 Å². The molecule has 0 N–H and O–H groups in total. The summed E-state index contributed by atoms with van der Waals surface area (Å²) in [6.45, 7) is 1.78. The Morgan fingerprint density at radius 3 is 2.26 bits per heavy atom. The first-order valence-electron chi connectivity index (χ1n) is 6.12. The summed E-state index contributed by atoms with van der Waals surface area (Å²) in [6.07, 6.45) is 0.375. The van der Waals surface area contributed by atoms with E-state index in [1.54, 1.807) is 55.5 Å². The van der Waals surface area contributed by atoms with Gasteiger partial charge < -0.3 is 4.74 Å². The molecule has 0 fully saturated rings. The van der Waals surface area contributed by atoms with Crippen molar-refractivity contribution < 1.29 is 14.3 Å². The summed E-state index contributed by atoms with van der Waals surface area (Å²) in [6, 6.07) is 15.5. The highest BCUT2D eigenvalue weighted by atomic mass is 16.5. The Hall–Kier alpha value is -2.42. The lowest BCUT2D eigenvalue weighted by Crippen LogP contribution is -2.11. The summed E-state index contributed by atoms with van der Waals surface area (Å²) in [4.78, 5) is 23.7. The van der Waals surface area contributed by atoms with E-state index in [0.29, 0.717) is 23.3 Å². The fourth-order valence-corrected chi connectivity index (χ4v) is 1.71. The molecule has 0 atom stereocenters. The van der Waals surface area contributed by atoms with Gasteiger partial charge in [0, 0.05) is 6.42 Å². The minimum absolute atomic E-state index is 0.0449. The van der Waals surface area contributed by atoms with E-state index < -0.39 is 5.97 Å². The van der Waals surface area contributed by atoms with Crippen molar-refractivity contribution in [3.8, 4) is 5.75 Å². The van der Waals surface area contributed by atoms with Gasteiger partial charge >= 0.3 is 5.97 Å². The van der Waals surface area contributed by atoms with E-state index in [0.717, 1.165) is 0 Å². The number of rotatable bonds is 4. The minimum atomic E-state index is -0.461. The van der Waals surface area contributed by atoms with Crippen molar-refractivity contribution in [2.75, 3.05) is 0 Å². The molecule has 0 aliphatic rings. The van der Waals surface area contributed by atoms with Crippen molar-refractivity contribution >= 4 is 11.8 Å². The highest BCUT2D eigenvalue weighted by Gasteiger charge is 2.14. The first-order valence-corrected chi connectivity index (χ1v) is 6.12. The zero-order valence-electron chi connectivity index (χ0n) is 10.6. The molecule has 0 spiro atoms. The second-order valence-corrected chi connectivity index (χ2v) is 4.03. The number of para-hydroxylation sites is 1. The van der Waals surface area contributed by atoms with Crippen LogP contribution in [0.2, 0.25) is 0 Å². The molecule has 2 rings (SSSR count). The second-order valence-electron chi connectivity index (χ2n) is 4.03. The van der Waals surface area contributed by atoms with Crippen LogP contribution in [0.4, 0.5) is 0 Å². The highest BCUT2D eigenvalue weighted by Crippen LogP contribution is 2.20. The number of carbonyl (C=O) groups is 2. The van der Waals surface area contributed by atoms with E-state index in [9.17, 15) is 9.59 Å². The maximum Gasteiger partial charge on any atom is 0.343 e. The van der Waals surface area contributed by atoms with Crippen LogP contribution < -0.4 is 4.74 Å². The largest absolute Gasteiger partial charge is 0.422 e. The normalized spacial score (nSPS) is 9.95. The molecule has 19 heavy (non-hydrogen) atoms. The third-order valence-corrected chi connectivity index (χ3v) is 2.72. The first-order chi connectivity index (χ1) is 9.22. The van der Waals surface area contributed by atoms with Crippen LogP contribution in [0, 0.1) is 0 Å². The van der Waals surface area contributed by atoms with Gasteiger partial charge in [0.1, 0.15) is 5.75 Å². The fourth-order valence-electron chi connectivity index (χ4n) is 1.71. The van der Waals surface area contributed by atoms with Gasteiger partial charge in [-0.1, -0.05) is 37.3 Å². The van der Waals surface area contributed by atoms with Crippen LogP contribution >= 0.6 is 0 Å². The van der Waals surface area contributed by atoms with E-state index in [1.807, 2.05) is 6.07 Å². The van der Waals surface area contributed by atoms with Gasteiger partial charge in [0.05, 0.1) is 11.1 Å². The van der Waals surface area contributed by atoms with E-state index in [-0.39, 0.29) is 5.78 Å². The zero-order chi connectivity index (χ0) is 13.7. The van der Waals surface area contributed by atoms with Crippen LogP contribution in [0.3, 0.4) is 0 Å². The molecule has 0 amide bonds. The Balaban J connectivity index is 2.25. The Labute approximate surface area is 111 Å². The number of Topliss-reactive ketones (excluding diaryl/α,β-unsaturated/α-hetero) is 1. The molecule has 0 saturated carbocycles. The van der Waals surface area contributed by atoms with Gasteiger partial charge in [-0.05, 0) is 24.3 Å². The first kappa shape index (κ1) is 13.0. The Morgan fingerprint density at radius 2 is 1.58 bits per heavy atom. The summed E-state index contributed by atoms with van der Waals surface area (Å²) in [5.41, 5.74) is 0.899. The van der Waals surface area contributed by atoms with E-state index >= 15 is 0 Å². The quantitative estimate of drug-likeness (QED) is 0.476. The molecular formula is C16H14O3. The van der Waals surface area contributed by atoms with Gasteiger partial charge in [-0.15, -0.1) is 0 Å². The van der Waals surface area contributed by atoms with Crippen molar-refractivity contribution in [1.29, 1.82) is 0 Å². The molecule has 3 heteroatoms. The van der Waals surface area contributed by atoms with E-state index in [1.165, 1.54) is 0 Å². The van der Waals surface area contributed by atoms with Crippen molar-refractivity contribution in [2.24, 2.45) is 0 Å². The van der Waals surface area contributed by atoms with Crippen LogP contribution in [0.5, 0.6) is 5.75 Å². The molecule has 0 saturated heterocycles. The van der Waals surface area contributed by atoms with Crippen molar-refractivity contribution in [2.45, 2.75) is 13.3 Å². The third kappa shape index (κ3) is 3.07. The summed E-state index contributed by atoms with van der Waals surface area (Å²) < 4.78 is 5.29. The predicted octanol–water partition coefficient (Wildman–Crippen LogP) is 3.50. The summed E-state index contributed by atoms with van der Waals surface area (Å²) >= 11 is 0. The number of esters is 1. The van der Waals surface area contributed by atoms with Crippen LogP contribution in [0.1, 0.15) is 34.1 Å². The number of ketones is 1. The molecular weight excluding hydrogens is 240 g/mol. The van der Waals surface area contributed by atoms with Gasteiger partial charge in [0.25, 0.3) is 0 Å². The van der Waals surface area contributed by atoms with Crippen LogP contribution in [-0.2, 0) is 0 Å². The number of hydrogen-bond acceptors (Lipinski definition) is 3. The molecule has 0 bridgehead atoms. The zero-order valence-corrected chi connectivity index (χ0v) is 10.6. The Morgan fingerprint density at radius 1 is 0.947 bits per heavy atom. The monoisotopic (exact) mass is 254 g/mol. The molecule has 0 aliphatic heterocycles. The number of benzene rings is 2. The van der Waals surface area contributed by atoms with Gasteiger partial charge in [0.2, 0.25) is 0 Å². The molecule has 0 aromatic heterocycles. The van der Waals surface area contributed by atoms with E-state index in [2.05, 4.69) is 0 Å². The number of carbonyl (C=O) groups excluding carboxylic acids is 2. The molecule has 3 nitrogen and oxygen atoms in total. The standard InChI is InChI=1S/C16H14O3/c1-2-14(17)13-10-6-7-11-15(13)19-16(18)12-8-4-3-5-9-12/h3-11H,2H2,1H3. The maximum atomic E-state index is 11.9. The van der Waals surface area contributed by atoms with Gasteiger partial charge in [-0.2, -0.15) is 0 Å². The molecule has 0 heterocycles. The lowest BCUT2D eigenvalue weighted by atomic mass is 10.1. The maximum absolute atomic E-state index is 11.9. The molecule has 0 aliphatic carbocycles. The predicted molar refractivity (Wildman–Crippen MR) is 72.5 cm³/mol. The van der Waals surface area contributed by atoms with E-state index in [4.69, 9.17) is 4.74 Å². The SMILES string of the molecule is CCC(=O)c1ccccc1OC(=O)c1ccccc1. The summed E-state index contributed by atoms with van der Waals surface area (Å²) in [5, 5.41) is 0. The highest BCUT2D eigenvalue weighted by molar-refractivity contribution is 6.00. The molecule has 0 unspecified atom stereocenters. The Kier molecular flexibility index (Phi) is 4.08. The van der Waals surface area contributed by atoms with Gasteiger partial charge in [0.15, 0.2) is 5.78 Å². The Bertz CT molecular complexity index is 588. The number of ether oxygens (including phenoxy) is 1. The van der Waals surface area contributed by atoms with Crippen molar-refractivity contribution in [1.82, 2.24) is 0 Å². The lowest BCUT2D eigenvalue weighted by molar-refractivity contribution is 0.0732. The minimum Gasteiger partial charge on any atom is -0.422 e. The van der Waals surface area contributed by atoms with Crippen molar-refractivity contribution in [3.63, 3.8) is 0 Å². The van der Waals surface area contributed by atoms with Crippen molar-refractivity contribution in [3.05, 3.63) is 65.7 Å². The average molecular weight is 254 g/mol. The molecule has 96 valence electrons. The van der Waals surface area contributed by atoms with Gasteiger partial charge in [-0.25, -0.2) is 4.79 Å². The molecule has 0 radical (unpaired) electrons. The van der Waals surface area contributed by atoms with Crippen LogP contribution in [0.15, 0.2) is 54.6 Å². The third-order valence-electron chi connectivity index (χ3n) is 2.72. The lowest BCUT2D eigenvalue weighted by Gasteiger charge is -2.08. The topological polar surface area (TPSA) is 43.4 Å². The summed E-state index contributed by atoms with van der Waals surface area (Å²) in [5.74, 6) is -0.198. The molecule has 2 aromatic carbocycles. The summed E-state index contributed by atoms with van der Waals surface area (Å²) in [7, 11) is 0. The number of hydrogen-bond donors (Lipinski definition) is 0. The fraction of sp³-hybridized carbons (Fsp3) is 0.125. The smallest absolute Gasteiger partial charge is 0.343 e. The second kappa shape index (κ2) is 5.96. The van der Waals surface area contributed by atoms with Crippen LogP contribution in [-0.4, -0.2) is 11.8 Å². The average Bonchev–Trinajstić information content (AvgIpc) is 2.48.